The summed E-state index contributed by atoms with van der Waals surface area (Å²) in [6, 6.07) is 4.99. The zero-order valence-electron chi connectivity index (χ0n) is 16.9. The number of carbonyl (C=O) groups is 2. The Morgan fingerprint density at radius 2 is 1.83 bits per heavy atom. The highest BCUT2D eigenvalue weighted by Gasteiger charge is 2.36. The van der Waals surface area contributed by atoms with Crippen LogP contribution < -0.4 is 10.6 Å². The lowest BCUT2D eigenvalue weighted by Gasteiger charge is -2.25. The number of nitrogens with one attached hydrogen (secondary N) is 2. The highest BCUT2D eigenvalue weighted by atomic mass is 32.2. The van der Waals surface area contributed by atoms with Crippen molar-refractivity contribution in [3.8, 4) is 0 Å². The Hall–Kier alpha value is -1.97. The van der Waals surface area contributed by atoms with Crippen LogP contribution in [-0.2, 0) is 24.3 Å². The second-order valence-corrected chi connectivity index (χ2v) is 9.59. The molecule has 1 aromatic carbocycles. The first-order valence-electron chi connectivity index (χ1n) is 10.1. The molecule has 0 radical (unpaired) electrons. The second kappa shape index (κ2) is 9.23. The molecule has 2 aliphatic heterocycles. The fourth-order valence-electron chi connectivity index (χ4n) is 3.82. The predicted octanol–water partition coefficient (Wildman–Crippen LogP) is 0.868. The lowest BCUT2D eigenvalue weighted by atomic mass is 10.2. The van der Waals surface area contributed by atoms with Gasteiger partial charge in [0.2, 0.25) is 10.0 Å². The summed E-state index contributed by atoms with van der Waals surface area (Å²) in [4.78, 5) is 24.4. The highest BCUT2D eigenvalue weighted by molar-refractivity contribution is 7.89. The van der Waals surface area contributed by atoms with Crippen molar-refractivity contribution in [1.82, 2.24) is 14.9 Å². The van der Waals surface area contributed by atoms with E-state index in [9.17, 15) is 18.0 Å². The van der Waals surface area contributed by atoms with Gasteiger partial charge in [-0.1, -0.05) is 12.1 Å². The van der Waals surface area contributed by atoms with Gasteiger partial charge in [-0.05, 0) is 56.7 Å². The Morgan fingerprint density at radius 1 is 1.10 bits per heavy atom. The zero-order chi connectivity index (χ0) is 21.0. The molecule has 29 heavy (non-hydrogen) atoms. The summed E-state index contributed by atoms with van der Waals surface area (Å²) < 4.78 is 33.2. The molecule has 160 valence electrons. The van der Waals surface area contributed by atoms with Crippen molar-refractivity contribution in [1.29, 1.82) is 0 Å². The van der Waals surface area contributed by atoms with Gasteiger partial charge < -0.3 is 15.4 Å². The van der Waals surface area contributed by atoms with Crippen LogP contribution in [0.4, 0.5) is 0 Å². The van der Waals surface area contributed by atoms with Crippen LogP contribution in [0.25, 0.3) is 0 Å². The summed E-state index contributed by atoms with van der Waals surface area (Å²) in [6.45, 7) is 5.13. The third kappa shape index (κ3) is 5.15. The Balaban J connectivity index is 1.58. The monoisotopic (exact) mass is 423 g/mol. The molecule has 2 fully saturated rings. The van der Waals surface area contributed by atoms with E-state index in [0.29, 0.717) is 36.6 Å². The van der Waals surface area contributed by atoms with Gasteiger partial charge in [0.15, 0.2) is 0 Å². The summed E-state index contributed by atoms with van der Waals surface area (Å²) >= 11 is 0. The van der Waals surface area contributed by atoms with E-state index in [4.69, 9.17) is 4.74 Å². The first-order valence-corrected chi connectivity index (χ1v) is 11.5. The molecule has 0 aromatic heterocycles. The number of rotatable bonds is 6. The minimum Gasteiger partial charge on any atom is -0.376 e. The molecule has 2 aliphatic rings. The summed E-state index contributed by atoms with van der Waals surface area (Å²) in [5.41, 5.74) is 1.57. The lowest BCUT2D eigenvalue weighted by molar-refractivity contribution is -0.139. The van der Waals surface area contributed by atoms with Crippen LogP contribution in [-0.4, -0.2) is 62.9 Å². The highest BCUT2D eigenvalue weighted by Crippen LogP contribution is 2.28. The average Bonchev–Trinajstić information content (AvgIpc) is 3.37. The van der Waals surface area contributed by atoms with E-state index >= 15 is 0 Å². The van der Waals surface area contributed by atoms with E-state index in [0.717, 1.165) is 24.8 Å². The summed E-state index contributed by atoms with van der Waals surface area (Å²) in [5, 5.41) is 5.15. The Kier molecular flexibility index (Phi) is 6.92. The van der Waals surface area contributed by atoms with Crippen molar-refractivity contribution in [2.24, 2.45) is 0 Å². The molecule has 2 amide bonds. The second-order valence-electron chi connectivity index (χ2n) is 7.74. The zero-order valence-corrected chi connectivity index (χ0v) is 17.8. The van der Waals surface area contributed by atoms with Crippen molar-refractivity contribution in [3.63, 3.8) is 0 Å². The molecule has 8 nitrogen and oxygen atoms in total. The lowest BCUT2D eigenvalue weighted by Crippen LogP contribution is -2.47. The maximum absolute atomic E-state index is 13.2. The van der Waals surface area contributed by atoms with Gasteiger partial charge in [0.1, 0.15) is 0 Å². The van der Waals surface area contributed by atoms with Gasteiger partial charge in [-0.3, -0.25) is 9.59 Å². The van der Waals surface area contributed by atoms with Gasteiger partial charge in [0.25, 0.3) is 0 Å². The van der Waals surface area contributed by atoms with Gasteiger partial charge in [-0.2, -0.15) is 4.31 Å². The van der Waals surface area contributed by atoms with Gasteiger partial charge in [-0.25, -0.2) is 8.42 Å². The molecule has 0 bridgehead atoms. The Labute approximate surface area is 172 Å². The minimum absolute atomic E-state index is 0.0419. The maximum Gasteiger partial charge on any atom is 0.309 e. The number of amides is 2. The van der Waals surface area contributed by atoms with E-state index in [1.54, 1.807) is 19.1 Å². The van der Waals surface area contributed by atoms with Gasteiger partial charge in [-0.15, -0.1) is 0 Å². The Morgan fingerprint density at radius 3 is 2.52 bits per heavy atom. The molecule has 0 aliphatic carbocycles. The molecule has 0 spiro atoms. The normalized spacial score (nSPS) is 22.6. The smallest absolute Gasteiger partial charge is 0.309 e. The predicted molar refractivity (Wildman–Crippen MR) is 108 cm³/mol. The summed E-state index contributed by atoms with van der Waals surface area (Å²) in [7, 11) is -3.67. The van der Waals surface area contributed by atoms with Gasteiger partial charge in [0.05, 0.1) is 11.0 Å². The van der Waals surface area contributed by atoms with E-state index in [2.05, 4.69) is 10.6 Å². The first kappa shape index (κ1) is 21.7. The number of hydrogen-bond acceptors (Lipinski definition) is 5. The quantitative estimate of drug-likeness (QED) is 0.661. The standard InChI is InChI=1S/C20H29N3O5S/c1-14-7-8-15(2)18(11-14)29(26,27)23-9-3-5-16(23)12-21-19(24)20(25)22-13-17-6-4-10-28-17/h7-8,11,16-17H,3-6,9-10,12-13H2,1-2H3,(H,21,24)(H,22,25)/t16-,17+/m0/s1. The SMILES string of the molecule is Cc1ccc(C)c(S(=O)(=O)N2CCC[C@H]2CNC(=O)C(=O)NC[C@H]2CCCO2)c1. The van der Waals surface area contributed by atoms with Gasteiger partial charge in [0, 0.05) is 32.3 Å². The number of carbonyl (C=O) groups excluding carboxylic acids is 2. The van der Waals surface area contributed by atoms with E-state index in [-0.39, 0.29) is 18.7 Å². The molecule has 1 aromatic rings. The minimum atomic E-state index is -3.67. The van der Waals surface area contributed by atoms with Crippen LogP contribution in [0.15, 0.2) is 23.1 Å². The molecular formula is C20H29N3O5S. The molecule has 2 atom stereocenters. The fourth-order valence-corrected chi connectivity index (χ4v) is 5.83. The van der Waals surface area contributed by atoms with Crippen molar-refractivity contribution < 1.29 is 22.7 Å². The third-order valence-corrected chi connectivity index (χ3v) is 7.57. The fraction of sp³-hybridized carbons (Fsp3) is 0.600. The third-order valence-electron chi connectivity index (χ3n) is 5.47. The number of ether oxygens (including phenoxy) is 1. The van der Waals surface area contributed by atoms with E-state index in [1.165, 1.54) is 4.31 Å². The number of benzene rings is 1. The molecule has 0 unspecified atom stereocenters. The van der Waals surface area contributed by atoms with Crippen LogP contribution in [0, 0.1) is 13.8 Å². The largest absolute Gasteiger partial charge is 0.376 e. The summed E-state index contributed by atoms with van der Waals surface area (Å²) in [5.74, 6) is -1.47. The van der Waals surface area contributed by atoms with E-state index in [1.807, 2.05) is 13.0 Å². The first-order chi connectivity index (χ1) is 13.8. The average molecular weight is 424 g/mol. The molecule has 0 saturated carbocycles. The molecule has 2 N–H and O–H groups in total. The molecule has 2 heterocycles. The molecule has 3 rings (SSSR count). The van der Waals surface area contributed by atoms with Crippen LogP contribution in [0.1, 0.15) is 36.8 Å². The number of nitrogens with zero attached hydrogens (tertiary/aromatic N) is 1. The summed E-state index contributed by atoms with van der Waals surface area (Å²) in [6.07, 6.45) is 3.14. The molecule has 9 heteroatoms. The van der Waals surface area contributed by atoms with Crippen molar-refractivity contribution in [3.05, 3.63) is 29.3 Å². The molecular weight excluding hydrogens is 394 g/mol. The van der Waals surface area contributed by atoms with Crippen molar-refractivity contribution in [2.75, 3.05) is 26.2 Å². The van der Waals surface area contributed by atoms with Crippen LogP contribution >= 0.6 is 0 Å². The number of sulfonamides is 1. The number of aryl methyl sites for hydroxylation is 2. The van der Waals surface area contributed by atoms with E-state index < -0.39 is 21.8 Å². The van der Waals surface area contributed by atoms with Crippen LogP contribution in [0.5, 0.6) is 0 Å². The van der Waals surface area contributed by atoms with Crippen LogP contribution in [0.2, 0.25) is 0 Å². The molecule has 2 saturated heterocycles. The van der Waals surface area contributed by atoms with Gasteiger partial charge >= 0.3 is 11.8 Å². The van der Waals surface area contributed by atoms with Crippen LogP contribution in [0.3, 0.4) is 0 Å². The number of hydrogen-bond donors (Lipinski definition) is 2. The topological polar surface area (TPSA) is 105 Å². The Bertz CT molecular complexity index is 865. The van der Waals surface area contributed by atoms with Crippen molar-refractivity contribution >= 4 is 21.8 Å². The maximum atomic E-state index is 13.2. The van der Waals surface area contributed by atoms with Crippen molar-refractivity contribution in [2.45, 2.75) is 56.6 Å².